The summed E-state index contributed by atoms with van der Waals surface area (Å²) in [5.41, 5.74) is 0. The Morgan fingerprint density at radius 1 is 1.58 bits per heavy atom. The van der Waals surface area contributed by atoms with Crippen molar-refractivity contribution in [2.24, 2.45) is 4.99 Å². The predicted octanol–water partition coefficient (Wildman–Crippen LogP) is 3.41. The molecule has 66 valence electrons. The van der Waals surface area contributed by atoms with E-state index in [0.29, 0.717) is 0 Å². The molecule has 12 heavy (non-hydrogen) atoms. The van der Waals surface area contributed by atoms with Crippen LogP contribution in [0.1, 0.15) is 13.8 Å². The van der Waals surface area contributed by atoms with Gasteiger partial charge in [0.25, 0.3) is 0 Å². The van der Waals surface area contributed by atoms with E-state index in [1.54, 1.807) is 17.8 Å². The van der Waals surface area contributed by atoms with E-state index >= 15 is 0 Å². The summed E-state index contributed by atoms with van der Waals surface area (Å²) in [5.74, 6) is 0. The third-order valence-electron chi connectivity index (χ3n) is 1.12. The minimum absolute atomic E-state index is 0.830. The van der Waals surface area contributed by atoms with Crippen LogP contribution >= 0.6 is 11.8 Å². The molecule has 0 aromatic heterocycles. The van der Waals surface area contributed by atoms with Crippen molar-refractivity contribution in [3.8, 4) is 0 Å². The van der Waals surface area contributed by atoms with E-state index in [-0.39, 0.29) is 0 Å². The second-order valence-corrected chi connectivity index (χ2v) is 3.57. The van der Waals surface area contributed by atoms with E-state index in [1.165, 1.54) is 4.91 Å². The molecule has 0 aromatic carbocycles. The Morgan fingerprint density at radius 2 is 2.25 bits per heavy atom. The summed E-state index contributed by atoms with van der Waals surface area (Å²) in [6.45, 7) is 12.3. The predicted molar refractivity (Wildman–Crippen MR) is 59.7 cm³/mol. The Labute approximate surface area is 79.0 Å². The number of rotatable bonds is 5. The Kier molecular flexibility index (Phi) is 6.48. The highest BCUT2D eigenvalue weighted by atomic mass is 32.2. The van der Waals surface area contributed by atoms with Gasteiger partial charge in [-0.2, -0.15) is 0 Å². The van der Waals surface area contributed by atoms with Gasteiger partial charge >= 0.3 is 0 Å². The highest BCUT2D eigenvalue weighted by molar-refractivity contribution is 8.06. The molecule has 0 aliphatic carbocycles. The van der Waals surface area contributed by atoms with Crippen LogP contribution in [0.15, 0.2) is 40.1 Å². The van der Waals surface area contributed by atoms with E-state index < -0.39 is 0 Å². The molecule has 1 nitrogen and oxygen atoms in total. The molecule has 0 radical (unpaired) electrons. The first kappa shape index (κ1) is 11.2. The molecule has 0 saturated heterocycles. The molecule has 0 spiro atoms. The van der Waals surface area contributed by atoms with Crippen molar-refractivity contribution in [2.75, 3.05) is 6.54 Å². The van der Waals surface area contributed by atoms with Crippen molar-refractivity contribution in [3.05, 3.63) is 35.1 Å². The van der Waals surface area contributed by atoms with Gasteiger partial charge in [0.15, 0.2) is 0 Å². The number of hydrogen-bond donors (Lipinski definition) is 0. The SMILES string of the molecule is C=CC(=C)S/C(C)=C/C=NCC. The van der Waals surface area contributed by atoms with Crippen LogP contribution in [-0.2, 0) is 0 Å². The minimum Gasteiger partial charge on any atom is -0.293 e. The molecule has 0 aliphatic rings. The summed E-state index contributed by atoms with van der Waals surface area (Å²) >= 11 is 1.61. The molecule has 0 aromatic rings. The molecular formula is C10H15NS. The third kappa shape index (κ3) is 5.98. The van der Waals surface area contributed by atoms with E-state index in [4.69, 9.17) is 0 Å². The van der Waals surface area contributed by atoms with Gasteiger partial charge in [0.2, 0.25) is 0 Å². The van der Waals surface area contributed by atoms with Gasteiger partial charge < -0.3 is 0 Å². The zero-order chi connectivity index (χ0) is 9.40. The van der Waals surface area contributed by atoms with Gasteiger partial charge in [0, 0.05) is 17.7 Å². The summed E-state index contributed by atoms with van der Waals surface area (Å²) in [7, 11) is 0. The van der Waals surface area contributed by atoms with Gasteiger partial charge in [-0.25, -0.2) is 0 Å². The maximum Gasteiger partial charge on any atom is 0.0360 e. The van der Waals surface area contributed by atoms with Gasteiger partial charge in [0.05, 0.1) is 0 Å². The quantitative estimate of drug-likeness (QED) is 0.467. The molecule has 0 N–H and O–H groups in total. The van der Waals surface area contributed by atoms with Gasteiger partial charge in [-0.05, 0) is 24.8 Å². The molecule has 0 heterocycles. The van der Waals surface area contributed by atoms with E-state index in [9.17, 15) is 0 Å². The summed E-state index contributed by atoms with van der Waals surface area (Å²) in [6.07, 6.45) is 5.54. The normalized spacial score (nSPS) is 12.0. The lowest BCUT2D eigenvalue weighted by molar-refractivity contribution is 1.14. The van der Waals surface area contributed by atoms with Crippen LogP contribution in [0, 0.1) is 0 Å². The van der Waals surface area contributed by atoms with Gasteiger partial charge in [-0.3, -0.25) is 4.99 Å². The molecular weight excluding hydrogens is 166 g/mol. The number of aliphatic imine (C=N–C) groups is 1. The standard InChI is InChI=1S/C10H15NS/c1-5-9(3)12-10(4)7-8-11-6-2/h5,7-8H,1,3,6H2,2,4H3/b10-7+,11-8?. The first-order valence-corrected chi connectivity index (χ1v) is 4.68. The van der Waals surface area contributed by atoms with Crippen LogP contribution in [0.2, 0.25) is 0 Å². The Balaban J connectivity index is 3.93. The Morgan fingerprint density at radius 3 is 2.75 bits per heavy atom. The maximum absolute atomic E-state index is 4.07. The Bertz CT molecular complexity index is 214. The lowest BCUT2D eigenvalue weighted by Gasteiger charge is -1.97. The fraction of sp³-hybridized carbons (Fsp3) is 0.300. The molecule has 0 saturated carbocycles. The fourth-order valence-electron chi connectivity index (χ4n) is 0.546. The van der Waals surface area contributed by atoms with Crippen molar-refractivity contribution in [1.29, 1.82) is 0 Å². The molecule has 0 atom stereocenters. The first-order valence-electron chi connectivity index (χ1n) is 3.86. The number of thioether (sulfide) groups is 1. The molecule has 0 rings (SSSR count). The zero-order valence-corrected chi connectivity index (χ0v) is 8.53. The van der Waals surface area contributed by atoms with Crippen molar-refractivity contribution in [2.45, 2.75) is 13.8 Å². The average molecular weight is 181 g/mol. The highest BCUT2D eigenvalue weighted by Crippen LogP contribution is 2.22. The smallest absolute Gasteiger partial charge is 0.0360 e. The fourth-order valence-corrected chi connectivity index (χ4v) is 1.17. The van der Waals surface area contributed by atoms with E-state index in [1.807, 2.05) is 26.1 Å². The summed E-state index contributed by atoms with van der Waals surface area (Å²) in [6, 6.07) is 0. The minimum atomic E-state index is 0.830. The van der Waals surface area contributed by atoms with Crippen molar-refractivity contribution < 1.29 is 0 Å². The molecule has 0 fully saturated rings. The van der Waals surface area contributed by atoms with Crippen molar-refractivity contribution in [3.63, 3.8) is 0 Å². The van der Waals surface area contributed by atoms with E-state index in [0.717, 1.165) is 11.4 Å². The molecule has 0 aliphatic heterocycles. The van der Waals surface area contributed by atoms with Gasteiger partial charge in [0.1, 0.15) is 0 Å². The van der Waals surface area contributed by atoms with Crippen LogP contribution in [-0.4, -0.2) is 12.8 Å². The van der Waals surface area contributed by atoms with Crippen LogP contribution < -0.4 is 0 Å². The molecule has 0 unspecified atom stereocenters. The van der Waals surface area contributed by atoms with Gasteiger partial charge in [-0.1, -0.05) is 31.0 Å². The monoisotopic (exact) mass is 181 g/mol. The van der Waals surface area contributed by atoms with Crippen LogP contribution in [0.5, 0.6) is 0 Å². The van der Waals surface area contributed by atoms with Gasteiger partial charge in [-0.15, -0.1) is 0 Å². The third-order valence-corrected chi connectivity index (χ3v) is 2.00. The lowest BCUT2D eigenvalue weighted by atomic mass is 10.5. The molecule has 0 bridgehead atoms. The number of nitrogens with zero attached hydrogens (tertiary/aromatic N) is 1. The first-order chi connectivity index (χ1) is 5.70. The topological polar surface area (TPSA) is 12.4 Å². The van der Waals surface area contributed by atoms with Crippen LogP contribution in [0.4, 0.5) is 0 Å². The average Bonchev–Trinajstić information content (AvgIpc) is 2.05. The summed E-state index contributed by atoms with van der Waals surface area (Å²) in [5, 5.41) is 0. The number of hydrogen-bond acceptors (Lipinski definition) is 2. The maximum atomic E-state index is 4.07. The lowest BCUT2D eigenvalue weighted by Crippen LogP contribution is -1.73. The van der Waals surface area contributed by atoms with Crippen molar-refractivity contribution in [1.82, 2.24) is 0 Å². The van der Waals surface area contributed by atoms with Crippen LogP contribution in [0.25, 0.3) is 0 Å². The Hall–Kier alpha value is -0.760. The summed E-state index contributed by atoms with van der Waals surface area (Å²) in [4.78, 5) is 6.22. The molecule has 2 heteroatoms. The highest BCUT2D eigenvalue weighted by Gasteiger charge is 1.89. The second-order valence-electron chi connectivity index (χ2n) is 2.20. The largest absolute Gasteiger partial charge is 0.293 e. The molecule has 0 amide bonds. The number of allylic oxidation sites excluding steroid dienone is 3. The van der Waals surface area contributed by atoms with E-state index in [2.05, 4.69) is 18.2 Å². The van der Waals surface area contributed by atoms with Crippen LogP contribution in [0.3, 0.4) is 0 Å². The summed E-state index contributed by atoms with van der Waals surface area (Å²) < 4.78 is 0. The zero-order valence-electron chi connectivity index (χ0n) is 7.71. The second kappa shape index (κ2) is 6.92. The van der Waals surface area contributed by atoms with Crippen molar-refractivity contribution >= 4 is 18.0 Å².